The normalized spacial score (nSPS) is 12.2. The van der Waals surface area contributed by atoms with Gasteiger partial charge in [0.15, 0.2) is 12.4 Å². The number of rotatable bonds is 5. The maximum absolute atomic E-state index is 12.2. The van der Waals surface area contributed by atoms with Crippen LogP contribution < -0.4 is 9.64 Å². The standard InChI is InChI=1S/C19H19NO4/c1-20(2)16-6-3-13(4-7-16)19(22)24-12-17(21)14-5-8-18-15(11-14)9-10-23-18/h3-8,11H,9-10,12H2,1-2H3. The highest BCUT2D eigenvalue weighted by Gasteiger charge is 2.16. The third kappa shape index (κ3) is 3.40. The molecule has 1 aliphatic rings. The third-order valence-electron chi connectivity index (χ3n) is 3.97. The summed E-state index contributed by atoms with van der Waals surface area (Å²) in [6, 6.07) is 12.3. The number of fused-ring (bicyclic) bond motifs is 1. The number of nitrogens with zero attached hydrogens (tertiary/aromatic N) is 1. The van der Waals surface area contributed by atoms with Crippen molar-refractivity contribution in [2.45, 2.75) is 6.42 Å². The van der Waals surface area contributed by atoms with Crippen LogP contribution >= 0.6 is 0 Å². The molecule has 0 aromatic heterocycles. The minimum atomic E-state index is -0.502. The van der Waals surface area contributed by atoms with Gasteiger partial charge in [0, 0.05) is 31.8 Å². The Morgan fingerprint density at radius 1 is 1.08 bits per heavy atom. The Hall–Kier alpha value is -2.82. The number of carbonyl (C=O) groups is 2. The van der Waals surface area contributed by atoms with Gasteiger partial charge in [0.05, 0.1) is 12.2 Å². The zero-order valence-electron chi connectivity index (χ0n) is 13.7. The van der Waals surface area contributed by atoms with Crippen LogP contribution in [0.2, 0.25) is 0 Å². The van der Waals surface area contributed by atoms with Crippen molar-refractivity contribution >= 4 is 17.4 Å². The lowest BCUT2D eigenvalue weighted by atomic mass is 10.1. The highest BCUT2D eigenvalue weighted by atomic mass is 16.5. The van der Waals surface area contributed by atoms with Crippen LogP contribution in [0.1, 0.15) is 26.3 Å². The van der Waals surface area contributed by atoms with Gasteiger partial charge in [-0.25, -0.2) is 4.79 Å². The van der Waals surface area contributed by atoms with E-state index in [1.54, 1.807) is 24.3 Å². The number of ether oxygens (including phenoxy) is 2. The van der Waals surface area contributed by atoms with Gasteiger partial charge in [-0.3, -0.25) is 4.79 Å². The van der Waals surface area contributed by atoms with Crippen molar-refractivity contribution in [2.75, 3.05) is 32.2 Å². The molecule has 1 aliphatic heterocycles. The molecule has 1 heterocycles. The van der Waals surface area contributed by atoms with Crippen molar-refractivity contribution in [2.24, 2.45) is 0 Å². The lowest BCUT2D eigenvalue weighted by Gasteiger charge is -2.12. The first kappa shape index (κ1) is 16.1. The number of ketones is 1. The molecule has 0 aliphatic carbocycles. The summed E-state index contributed by atoms with van der Waals surface area (Å²) in [5, 5.41) is 0. The zero-order chi connectivity index (χ0) is 17.1. The highest BCUT2D eigenvalue weighted by molar-refractivity contribution is 5.99. The molecule has 0 saturated heterocycles. The Morgan fingerprint density at radius 3 is 2.50 bits per heavy atom. The molecule has 5 nitrogen and oxygen atoms in total. The molecule has 0 bridgehead atoms. The summed E-state index contributed by atoms with van der Waals surface area (Å²) in [6.45, 7) is 0.374. The monoisotopic (exact) mass is 325 g/mol. The number of Topliss-reactive ketones (excluding diaryl/α,β-unsaturated/α-hetero) is 1. The van der Waals surface area contributed by atoms with Crippen LogP contribution in [0, 0.1) is 0 Å². The molecular weight excluding hydrogens is 306 g/mol. The molecule has 0 saturated carbocycles. The topological polar surface area (TPSA) is 55.8 Å². The summed E-state index contributed by atoms with van der Waals surface area (Å²) < 4.78 is 10.5. The SMILES string of the molecule is CN(C)c1ccc(C(=O)OCC(=O)c2ccc3c(c2)CCO3)cc1. The number of esters is 1. The first-order valence-corrected chi connectivity index (χ1v) is 7.78. The largest absolute Gasteiger partial charge is 0.493 e. The van der Waals surface area contributed by atoms with E-state index in [1.807, 2.05) is 37.2 Å². The second kappa shape index (κ2) is 6.74. The summed E-state index contributed by atoms with van der Waals surface area (Å²) in [5.74, 6) is 0.102. The number of carbonyl (C=O) groups excluding carboxylic acids is 2. The van der Waals surface area contributed by atoms with Gasteiger partial charge in [-0.15, -0.1) is 0 Å². The van der Waals surface area contributed by atoms with Crippen LogP contribution in [-0.2, 0) is 11.2 Å². The van der Waals surface area contributed by atoms with Crippen LogP contribution in [0.3, 0.4) is 0 Å². The van der Waals surface area contributed by atoms with E-state index in [0.29, 0.717) is 17.7 Å². The Bertz CT molecular complexity index is 765. The molecule has 2 aromatic carbocycles. The van der Waals surface area contributed by atoms with E-state index >= 15 is 0 Å². The third-order valence-corrected chi connectivity index (χ3v) is 3.97. The van der Waals surface area contributed by atoms with Gasteiger partial charge in [0.1, 0.15) is 5.75 Å². The van der Waals surface area contributed by atoms with Crippen molar-refractivity contribution < 1.29 is 19.1 Å². The van der Waals surface area contributed by atoms with Gasteiger partial charge >= 0.3 is 5.97 Å². The van der Waals surface area contributed by atoms with Gasteiger partial charge in [-0.2, -0.15) is 0 Å². The molecule has 0 radical (unpaired) electrons. The van der Waals surface area contributed by atoms with Crippen molar-refractivity contribution in [3.63, 3.8) is 0 Å². The predicted octanol–water partition coefficient (Wildman–Crippen LogP) is 2.73. The van der Waals surface area contributed by atoms with E-state index in [1.165, 1.54) is 0 Å². The van der Waals surface area contributed by atoms with Crippen LogP contribution in [0.15, 0.2) is 42.5 Å². The number of anilines is 1. The summed E-state index contributed by atoms with van der Waals surface area (Å²) in [5.41, 5.74) is 2.97. The highest BCUT2D eigenvalue weighted by Crippen LogP contribution is 2.26. The maximum Gasteiger partial charge on any atom is 0.338 e. The van der Waals surface area contributed by atoms with E-state index in [2.05, 4.69) is 0 Å². The molecule has 0 N–H and O–H groups in total. The summed E-state index contributed by atoms with van der Waals surface area (Å²) in [4.78, 5) is 26.2. The van der Waals surface area contributed by atoms with Gasteiger partial charge in [0.25, 0.3) is 0 Å². The van der Waals surface area contributed by atoms with Gasteiger partial charge in [0.2, 0.25) is 0 Å². The fourth-order valence-electron chi connectivity index (χ4n) is 2.55. The maximum atomic E-state index is 12.2. The van der Waals surface area contributed by atoms with E-state index in [4.69, 9.17) is 9.47 Å². The summed E-state index contributed by atoms with van der Waals surface area (Å²) >= 11 is 0. The fraction of sp³-hybridized carbons (Fsp3) is 0.263. The van der Waals surface area contributed by atoms with E-state index in [9.17, 15) is 9.59 Å². The average molecular weight is 325 g/mol. The van der Waals surface area contributed by atoms with Crippen LogP contribution in [-0.4, -0.2) is 39.1 Å². The van der Waals surface area contributed by atoms with Gasteiger partial charge in [-0.1, -0.05) is 0 Å². The second-order valence-electron chi connectivity index (χ2n) is 5.86. The first-order chi connectivity index (χ1) is 11.5. The second-order valence-corrected chi connectivity index (χ2v) is 5.86. The Morgan fingerprint density at radius 2 is 1.79 bits per heavy atom. The van der Waals surface area contributed by atoms with Gasteiger partial charge < -0.3 is 14.4 Å². The van der Waals surface area contributed by atoms with E-state index < -0.39 is 5.97 Å². The first-order valence-electron chi connectivity index (χ1n) is 7.78. The molecule has 2 aromatic rings. The summed E-state index contributed by atoms with van der Waals surface area (Å²) in [6.07, 6.45) is 0.800. The number of hydrogen-bond acceptors (Lipinski definition) is 5. The molecule has 0 amide bonds. The van der Waals surface area contributed by atoms with E-state index in [-0.39, 0.29) is 12.4 Å². The molecule has 3 rings (SSSR count). The van der Waals surface area contributed by atoms with Crippen molar-refractivity contribution in [1.82, 2.24) is 0 Å². The predicted molar refractivity (Wildman–Crippen MR) is 91.0 cm³/mol. The Balaban J connectivity index is 1.60. The summed E-state index contributed by atoms with van der Waals surface area (Å²) in [7, 11) is 3.85. The fourth-order valence-corrected chi connectivity index (χ4v) is 2.55. The number of benzene rings is 2. The molecule has 124 valence electrons. The lowest BCUT2D eigenvalue weighted by molar-refractivity contribution is 0.0475. The zero-order valence-corrected chi connectivity index (χ0v) is 13.7. The van der Waals surface area contributed by atoms with E-state index in [0.717, 1.165) is 23.4 Å². The minimum absolute atomic E-state index is 0.219. The van der Waals surface area contributed by atoms with Crippen LogP contribution in [0.25, 0.3) is 0 Å². The molecule has 0 fully saturated rings. The van der Waals surface area contributed by atoms with Gasteiger partial charge in [-0.05, 0) is 48.0 Å². The van der Waals surface area contributed by atoms with Crippen molar-refractivity contribution in [3.05, 3.63) is 59.2 Å². The molecule has 0 unspecified atom stereocenters. The average Bonchev–Trinajstić information content (AvgIpc) is 3.07. The smallest absolute Gasteiger partial charge is 0.338 e. The molecular formula is C19H19NO4. The van der Waals surface area contributed by atoms with Crippen molar-refractivity contribution in [3.8, 4) is 5.75 Å². The molecule has 0 spiro atoms. The van der Waals surface area contributed by atoms with Crippen molar-refractivity contribution in [1.29, 1.82) is 0 Å². The number of hydrogen-bond donors (Lipinski definition) is 0. The molecule has 24 heavy (non-hydrogen) atoms. The van der Waals surface area contributed by atoms with Crippen LogP contribution in [0.5, 0.6) is 5.75 Å². The van der Waals surface area contributed by atoms with Crippen LogP contribution in [0.4, 0.5) is 5.69 Å². The Labute approximate surface area is 140 Å². The molecule has 0 atom stereocenters. The Kier molecular flexibility index (Phi) is 4.51. The minimum Gasteiger partial charge on any atom is -0.493 e. The lowest BCUT2D eigenvalue weighted by Crippen LogP contribution is -2.15. The molecule has 5 heteroatoms. The quantitative estimate of drug-likeness (QED) is 0.625.